The molecule has 2 heterocycles. The van der Waals surface area contributed by atoms with E-state index < -0.39 is 0 Å². The third kappa shape index (κ3) is 3.76. The molecule has 100 valence electrons. The summed E-state index contributed by atoms with van der Waals surface area (Å²) in [6.07, 6.45) is 2.62. The van der Waals surface area contributed by atoms with Gasteiger partial charge in [-0.15, -0.1) is 0 Å². The SMILES string of the molecule is CC(CN1CCCC1)NCc1csc([N+](=O)[O-])c1. The Balaban J connectivity index is 1.74. The average molecular weight is 269 g/mol. The van der Waals surface area contributed by atoms with Gasteiger partial charge in [0.05, 0.1) is 4.92 Å². The molecule has 0 amide bonds. The van der Waals surface area contributed by atoms with E-state index in [2.05, 4.69) is 17.1 Å². The highest BCUT2D eigenvalue weighted by molar-refractivity contribution is 7.13. The second kappa shape index (κ2) is 6.26. The van der Waals surface area contributed by atoms with Crippen LogP contribution in [0.3, 0.4) is 0 Å². The Kier molecular flexibility index (Phi) is 4.68. The summed E-state index contributed by atoms with van der Waals surface area (Å²) in [5.41, 5.74) is 1.000. The first-order valence-corrected chi connectivity index (χ1v) is 7.20. The van der Waals surface area contributed by atoms with Crippen molar-refractivity contribution < 1.29 is 4.92 Å². The van der Waals surface area contributed by atoms with Gasteiger partial charge >= 0.3 is 5.00 Å². The van der Waals surface area contributed by atoms with Gasteiger partial charge in [0.1, 0.15) is 0 Å². The summed E-state index contributed by atoms with van der Waals surface area (Å²) in [5.74, 6) is 0. The number of hydrogen-bond acceptors (Lipinski definition) is 5. The topological polar surface area (TPSA) is 58.4 Å². The quantitative estimate of drug-likeness (QED) is 0.635. The monoisotopic (exact) mass is 269 g/mol. The largest absolute Gasteiger partial charge is 0.324 e. The number of nitrogens with zero attached hydrogens (tertiary/aromatic N) is 2. The number of hydrogen-bond donors (Lipinski definition) is 1. The molecule has 1 unspecified atom stereocenters. The second-order valence-electron chi connectivity index (χ2n) is 4.84. The molecule has 6 heteroatoms. The molecule has 1 aliphatic rings. The molecule has 0 saturated carbocycles. The molecule has 0 radical (unpaired) electrons. The predicted octanol–water partition coefficient (Wildman–Crippen LogP) is 2.23. The van der Waals surface area contributed by atoms with Gasteiger partial charge in [-0.2, -0.15) is 0 Å². The Bertz CT molecular complexity index is 402. The molecule has 1 saturated heterocycles. The standard InChI is InChI=1S/C12H19N3O2S/c1-10(8-14-4-2-3-5-14)13-7-11-6-12(15(16)17)18-9-11/h6,9-10,13H,2-5,7-8H2,1H3. The molecule has 5 nitrogen and oxygen atoms in total. The van der Waals surface area contributed by atoms with Crippen LogP contribution in [0.25, 0.3) is 0 Å². The molecule has 18 heavy (non-hydrogen) atoms. The van der Waals surface area contributed by atoms with Crippen LogP contribution in [0.2, 0.25) is 0 Å². The fourth-order valence-electron chi connectivity index (χ4n) is 2.26. The Morgan fingerprint density at radius 2 is 2.28 bits per heavy atom. The van der Waals surface area contributed by atoms with Gasteiger partial charge in [0.25, 0.3) is 0 Å². The predicted molar refractivity (Wildman–Crippen MR) is 72.9 cm³/mol. The Morgan fingerprint density at radius 3 is 2.89 bits per heavy atom. The summed E-state index contributed by atoms with van der Waals surface area (Å²) in [5, 5.41) is 16.1. The van der Waals surface area contributed by atoms with E-state index in [1.165, 1.54) is 37.3 Å². The van der Waals surface area contributed by atoms with E-state index in [0.717, 1.165) is 12.1 Å². The van der Waals surface area contributed by atoms with Crippen LogP contribution in [-0.4, -0.2) is 35.5 Å². The molecular formula is C12H19N3O2S. The van der Waals surface area contributed by atoms with E-state index in [4.69, 9.17) is 0 Å². The zero-order valence-corrected chi connectivity index (χ0v) is 11.4. The summed E-state index contributed by atoms with van der Waals surface area (Å²) < 4.78 is 0. The minimum absolute atomic E-state index is 0.221. The lowest BCUT2D eigenvalue weighted by Gasteiger charge is -2.20. The lowest BCUT2D eigenvalue weighted by molar-refractivity contribution is -0.380. The Labute approximate surface area is 111 Å². The summed E-state index contributed by atoms with van der Waals surface area (Å²) >= 11 is 1.19. The molecule has 0 spiro atoms. The second-order valence-corrected chi connectivity index (χ2v) is 5.73. The molecule has 1 N–H and O–H groups in total. The maximum Gasteiger partial charge on any atom is 0.324 e. The highest BCUT2D eigenvalue weighted by atomic mass is 32.1. The molecule has 0 aliphatic carbocycles. The molecular weight excluding hydrogens is 250 g/mol. The van der Waals surface area contributed by atoms with Crippen LogP contribution >= 0.6 is 11.3 Å². The van der Waals surface area contributed by atoms with Crippen molar-refractivity contribution in [3.63, 3.8) is 0 Å². The van der Waals surface area contributed by atoms with Crippen LogP contribution in [-0.2, 0) is 6.54 Å². The zero-order chi connectivity index (χ0) is 13.0. The number of nitro groups is 1. The van der Waals surface area contributed by atoms with E-state index in [0.29, 0.717) is 12.6 Å². The van der Waals surface area contributed by atoms with Crippen LogP contribution in [0.15, 0.2) is 11.4 Å². The van der Waals surface area contributed by atoms with Gasteiger partial charge in [-0.3, -0.25) is 10.1 Å². The fourth-order valence-corrected chi connectivity index (χ4v) is 2.99. The van der Waals surface area contributed by atoms with E-state index in [1.54, 1.807) is 6.07 Å². The van der Waals surface area contributed by atoms with E-state index in [1.807, 2.05) is 5.38 Å². The minimum atomic E-state index is -0.332. The maximum atomic E-state index is 10.6. The first-order valence-electron chi connectivity index (χ1n) is 6.32. The zero-order valence-electron chi connectivity index (χ0n) is 10.6. The summed E-state index contributed by atoms with van der Waals surface area (Å²) in [4.78, 5) is 12.7. The van der Waals surface area contributed by atoms with Crippen molar-refractivity contribution in [1.29, 1.82) is 0 Å². The number of rotatable bonds is 6. The minimum Gasteiger partial charge on any atom is -0.309 e. The van der Waals surface area contributed by atoms with E-state index >= 15 is 0 Å². The number of nitrogens with one attached hydrogen (secondary N) is 1. The normalized spacial score (nSPS) is 18.1. The van der Waals surface area contributed by atoms with Crippen molar-refractivity contribution >= 4 is 16.3 Å². The fraction of sp³-hybridized carbons (Fsp3) is 0.667. The van der Waals surface area contributed by atoms with Crippen LogP contribution in [0.4, 0.5) is 5.00 Å². The molecule has 1 aliphatic heterocycles. The van der Waals surface area contributed by atoms with E-state index in [9.17, 15) is 10.1 Å². The summed E-state index contributed by atoms with van der Waals surface area (Å²) in [6, 6.07) is 2.07. The first-order chi connectivity index (χ1) is 8.65. The first kappa shape index (κ1) is 13.5. The highest BCUT2D eigenvalue weighted by Gasteiger charge is 2.15. The summed E-state index contributed by atoms with van der Waals surface area (Å²) in [6.45, 7) is 6.34. The van der Waals surface area contributed by atoms with Gasteiger partial charge in [0, 0.05) is 30.6 Å². The molecule has 1 atom stereocenters. The lowest BCUT2D eigenvalue weighted by Crippen LogP contribution is -2.37. The third-order valence-corrected chi connectivity index (χ3v) is 4.13. The van der Waals surface area contributed by atoms with Crippen molar-refractivity contribution in [2.75, 3.05) is 19.6 Å². The van der Waals surface area contributed by atoms with Gasteiger partial charge < -0.3 is 10.2 Å². The molecule has 1 fully saturated rings. The van der Waals surface area contributed by atoms with Gasteiger partial charge in [-0.1, -0.05) is 11.3 Å². The Morgan fingerprint density at radius 1 is 1.56 bits per heavy atom. The molecule has 1 aromatic heterocycles. The van der Waals surface area contributed by atoms with Gasteiger partial charge in [-0.05, 0) is 38.4 Å². The number of thiophene rings is 1. The van der Waals surface area contributed by atoms with Crippen LogP contribution in [0.5, 0.6) is 0 Å². The molecule has 2 rings (SSSR count). The van der Waals surface area contributed by atoms with Crippen molar-refractivity contribution in [2.45, 2.75) is 32.4 Å². The van der Waals surface area contributed by atoms with Crippen molar-refractivity contribution in [1.82, 2.24) is 10.2 Å². The lowest BCUT2D eigenvalue weighted by atomic mass is 10.2. The highest BCUT2D eigenvalue weighted by Crippen LogP contribution is 2.22. The van der Waals surface area contributed by atoms with E-state index in [-0.39, 0.29) is 9.92 Å². The average Bonchev–Trinajstić information content (AvgIpc) is 2.96. The van der Waals surface area contributed by atoms with Crippen molar-refractivity contribution in [2.24, 2.45) is 0 Å². The maximum absolute atomic E-state index is 10.6. The third-order valence-electron chi connectivity index (χ3n) is 3.21. The number of likely N-dealkylation sites (tertiary alicyclic amines) is 1. The van der Waals surface area contributed by atoms with Crippen molar-refractivity contribution in [3.05, 3.63) is 27.1 Å². The van der Waals surface area contributed by atoms with Crippen molar-refractivity contribution in [3.8, 4) is 0 Å². The van der Waals surface area contributed by atoms with Crippen LogP contribution in [0, 0.1) is 10.1 Å². The molecule has 0 aromatic carbocycles. The van der Waals surface area contributed by atoms with Crippen LogP contribution in [0.1, 0.15) is 25.3 Å². The van der Waals surface area contributed by atoms with Gasteiger partial charge in [0.2, 0.25) is 0 Å². The summed E-state index contributed by atoms with van der Waals surface area (Å²) in [7, 11) is 0. The molecule has 0 bridgehead atoms. The van der Waals surface area contributed by atoms with Gasteiger partial charge in [-0.25, -0.2) is 0 Å². The smallest absolute Gasteiger partial charge is 0.309 e. The Hall–Kier alpha value is -0.980. The molecule has 1 aromatic rings. The van der Waals surface area contributed by atoms with Gasteiger partial charge in [0.15, 0.2) is 0 Å². The van der Waals surface area contributed by atoms with Crippen LogP contribution < -0.4 is 5.32 Å².